The summed E-state index contributed by atoms with van der Waals surface area (Å²) in [6, 6.07) is 5.23. The van der Waals surface area contributed by atoms with Crippen LogP contribution in [0.25, 0.3) is 0 Å². The quantitative estimate of drug-likeness (QED) is 0.562. The molecule has 5 heteroatoms. The molecule has 0 aliphatic heterocycles. The van der Waals surface area contributed by atoms with Gasteiger partial charge in [0.1, 0.15) is 0 Å². The van der Waals surface area contributed by atoms with Gasteiger partial charge in [-0.2, -0.15) is 0 Å². The number of ether oxygens (including phenoxy) is 1. The van der Waals surface area contributed by atoms with E-state index in [-0.39, 0.29) is 5.97 Å². The summed E-state index contributed by atoms with van der Waals surface area (Å²) >= 11 is 1.67. The number of thiophene rings is 1. The maximum absolute atomic E-state index is 11.2. The molecule has 1 rings (SSSR count). The Morgan fingerprint density at radius 2 is 1.86 bits per heavy atom. The van der Waals surface area contributed by atoms with Crippen LogP contribution in [0.15, 0.2) is 12.1 Å². The van der Waals surface area contributed by atoms with Gasteiger partial charge in [0.2, 0.25) is 0 Å². The van der Waals surface area contributed by atoms with Crippen molar-refractivity contribution in [3.05, 3.63) is 21.9 Å². The summed E-state index contributed by atoms with van der Waals surface area (Å²) in [6.07, 6.45) is 0.371. The second kappa shape index (κ2) is 9.18. The van der Waals surface area contributed by atoms with Crippen molar-refractivity contribution in [2.45, 2.75) is 52.7 Å². The molecule has 0 radical (unpaired) electrons. The van der Waals surface area contributed by atoms with E-state index in [1.54, 1.807) is 11.3 Å². The van der Waals surface area contributed by atoms with E-state index >= 15 is 0 Å². The van der Waals surface area contributed by atoms with Crippen molar-refractivity contribution < 1.29 is 9.53 Å². The number of hydrogen-bond acceptors (Lipinski definition) is 5. The minimum absolute atomic E-state index is 0.180. The summed E-state index contributed by atoms with van der Waals surface area (Å²) in [5, 5.41) is 3.48. The van der Waals surface area contributed by atoms with E-state index in [0.717, 1.165) is 24.5 Å². The topological polar surface area (TPSA) is 41.6 Å². The van der Waals surface area contributed by atoms with Gasteiger partial charge < -0.3 is 10.1 Å². The van der Waals surface area contributed by atoms with Gasteiger partial charge in [-0.05, 0) is 39.8 Å². The van der Waals surface area contributed by atoms with Gasteiger partial charge in [0.15, 0.2) is 0 Å². The Balaban J connectivity index is 2.31. The zero-order valence-corrected chi connectivity index (χ0v) is 14.6. The highest BCUT2D eigenvalue weighted by Gasteiger charge is 2.12. The Labute approximate surface area is 132 Å². The van der Waals surface area contributed by atoms with Gasteiger partial charge in [-0.15, -0.1) is 11.3 Å². The van der Waals surface area contributed by atoms with Gasteiger partial charge in [0.25, 0.3) is 0 Å². The lowest BCUT2D eigenvalue weighted by atomic mass is 10.2. The second-order valence-electron chi connectivity index (χ2n) is 5.72. The molecule has 21 heavy (non-hydrogen) atoms. The Morgan fingerprint density at radius 1 is 1.24 bits per heavy atom. The van der Waals surface area contributed by atoms with E-state index in [0.29, 0.717) is 18.5 Å². The van der Waals surface area contributed by atoms with Crippen molar-refractivity contribution in [3.63, 3.8) is 0 Å². The highest BCUT2D eigenvalue weighted by atomic mass is 32.1. The maximum atomic E-state index is 11.2. The predicted octanol–water partition coefficient (Wildman–Crippen LogP) is 2.67. The van der Waals surface area contributed by atoms with Gasteiger partial charge in [-0.1, -0.05) is 0 Å². The summed E-state index contributed by atoms with van der Waals surface area (Å²) in [5.41, 5.74) is 0. The number of esters is 1. The summed E-state index contributed by atoms with van der Waals surface area (Å²) in [4.78, 5) is 16.0. The molecule has 0 aliphatic rings. The Hall–Kier alpha value is -0.910. The monoisotopic (exact) mass is 312 g/mol. The Kier molecular flexibility index (Phi) is 7.93. The summed E-state index contributed by atoms with van der Waals surface area (Å²) in [5.74, 6) is -0.180. The molecule has 1 heterocycles. The predicted molar refractivity (Wildman–Crippen MR) is 88.7 cm³/mol. The third kappa shape index (κ3) is 6.59. The van der Waals surface area contributed by atoms with Crippen LogP contribution in [0.5, 0.6) is 0 Å². The van der Waals surface area contributed by atoms with Crippen molar-refractivity contribution >= 4 is 17.3 Å². The molecule has 0 aromatic carbocycles. The number of methoxy groups -OCH3 is 1. The Bertz CT molecular complexity index is 422. The maximum Gasteiger partial charge on any atom is 0.310 e. The van der Waals surface area contributed by atoms with Crippen LogP contribution in [0.2, 0.25) is 0 Å². The van der Waals surface area contributed by atoms with Crippen molar-refractivity contribution in [2.75, 3.05) is 20.2 Å². The molecule has 0 atom stereocenters. The summed E-state index contributed by atoms with van der Waals surface area (Å²) in [6.45, 7) is 11.8. The van der Waals surface area contributed by atoms with Crippen LogP contribution in [0.3, 0.4) is 0 Å². The van der Waals surface area contributed by atoms with E-state index in [9.17, 15) is 4.79 Å². The SMILES string of the molecule is COC(=O)Cc1ccc(CNCCN(C(C)C)C(C)C)s1. The number of carbonyl (C=O) groups excluding carboxylic acids is 1. The molecule has 0 aliphatic carbocycles. The molecule has 4 nitrogen and oxygen atoms in total. The van der Waals surface area contributed by atoms with Crippen molar-refractivity contribution in [2.24, 2.45) is 0 Å². The molecular formula is C16H28N2O2S. The number of hydrogen-bond donors (Lipinski definition) is 1. The molecule has 1 N–H and O–H groups in total. The number of nitrogens with one attached hydrogen (secondary N) is 1. The summed E-state index contributed by atoms with van der Waals surface area (Å²) in [7, 11) is 1.42. The zero-order valence-electron chi connectivity index (χ0n) is 13.8. The van der Waals surface area contributed by atoms with E-state index in [4.69, 9.17) is 0 Å². The van der Waals surface area contributed by atoms with Gasteiger partial charge in [0.05, 0.1) is 13.5 Å². The fourth-order valence-electron chi connectivity index (χ4n) is 2.36. The normalized spacial score (nSPS) is 11.6. The smallest absolute Gasteiger partial charge is 0.310 e. The molecule has 0 bridgehead atoms. The van der Waals surface area contributed by atoms with Crippen LogP contribution in [-0.2, 0) is 22.5 Å². The molecule has 0 saturated carbocycles. The first-order chi connectivity index (χ1) is 9.93. The van der Waals surface area contributed by atoms with Gasteiger partial charge >= 0.3 is 5.97 Å². The fraction of sp³-hybridized carbons (Fsp3) is 0.688. The van der Waals surface area contributed by atoms with Crippen molar-refractivity contribution in [1.29, 1.82) is 0 Å². The van der Waals surface area contributed by atoms with Crippen molar-refractivity contribution in [1.82, 2.24) is 10.2 Å². The average molecular weight is 312 g/mol. The minimum Gasteiger partial charge on any atom is -0.469 e. The van der Waals surface area contributed by atoms with Gasteiger partial charge in [0, 0.05) is 41.5 Å². The van der Waals surface area contributed by atoms with Crippen LogP contribution in [0, 0.1) is 0 Å². The molecule has 1 aromatic rings. The van der Waals surface area contributed by atoms with Crippen LogP contribution in [0.1, 0.15) is 37.4 Å². The van der Waals surface area contributed by atoms with Crippen LogP contribution >= 0.6 is 11.3 Å². The molecule has 0 unspecified atom stereocenters. The van der Waals surface area contributed by atoms with Crippen LogP contribution < -0.4 is 5.32 Å². The van der Waals surface area contributed by atoms with Crippen LogP contribution in [0.4, 0.5) is 0 Å². The first-order valence-corrected chi connectivity index (χ1v) is 8.36. The van der Waals surface area contributed by atoms with E-state index in [1.165, 1.54) is 12.0 Å². The summed E-state index contributed by atoms with van der Waals surface area (Å²) < 4.78 is 4.68. The zero-order chi connectivity index (χ0) is 15.8. The highest BCUT2D eigenvalue weighted by Crippen LogP contribution is 2.17. The number of rotatable bonds is 9. The standard InChI is InChI=1S/C16H28N2O2S/c1-12(2)18(13(3)4)9-8-17-11-15-7-6-14(21-15)10-16(19)20-5/h6-7,12-13,17H,8-11H2,1-5H3. The molecular weight excluding hydrogens is 284 g/mol. The lowest BCUT2D eigenvalue weighted by molar-refractivity contribution is -0.139. The van der Waals surface area contributed by atoms with Gasteiger partial charge in [-0.25, -0.2) is 0 Å². The molecule has 0 saturated heterocycles. The molecule has 1 aromatic heterocycles. The first kappa shape index (κ1) is 18.1. The van der Waals surface area contributed by atoms with Gasteiger partial charge in [-0.3, -0.25) is 9.69 Å². The molecule has 120 valence electrons. The third-order valence-electron chi connectivity index (χ3n) is 3.44. The number of nitrogens with zero attached hydrogens (tertiary/aromatic N) is 1. The number of carbonyl (C=O) groups is 1. The van der Waals surface area contributed by atoms with E-state index in [1.807, 2.05) is 6.07 Å². The fourth-order valence-corrected chi connectivity index (χ4v) is 3.33. The average Bonchev–Trinajstić information content (AvgIpc) is 2.84. The third-order valence-corrected chi connectivity index (χ3v) is 4.52. The lowest BCUT2D eigenvalue weighted by Gasteiger charge is -2.30. The highest BCUT2D eigenvalue weighted by molar-refractivity contribution is 7.12. The van der Waals surface area contributed by atoms with E-state index in [2.05, 4.69) is 48.7 Å². The van der Waals surface area contributed by atoms with Crippen LogP contribution in [-0.4, -0.2) is 43.2 Å². The minimum atomic E-state index is -0.180. The Morgan fingerprint density at radius 3 is 2.43 bits per heavy atom. The molecule has 0 amide bonds. The molecule has 0 fully saturated rings. The largest absolute Gasteiger partial charge is 0.469 e. The van der Waals surface area contributed by atoms with Crippen molar-refractivity contribution in [3.8, 4) is 0 Å². The molecule has 0 spiro atoms. The lowest BCUT2D eigenvalue weighted by Crippen LogP contribution is -2.41. The van der Waals surface area contributed by atoms with E-state index < -0.39 is 0 Å². The first-order valence-electron chi connectivity index (χ1n) is 7.55. The second-order valence-corrected chi connectivity index (χ2v) is 6.98.